The van der Waals surface area contributed by atoms with Crippen LogP contribution in [0, 0.1) is 5.92 Å². The average molecular weight is 264 g/mol. The van der Waals surface area contributed by atoms with E-state index in [1.54, 1.807) is 11.9 Å². The van der Waals surface area contributed by atoms with Gasteiger partial charge in [0.15, 0.2) is 0 Å². The Labute approximate surface area is 112 Å². The van der Waals surface area contributed by atoms with E-state index in [9.17, 15) is 15.0 Å². The molecule has 2 rings (SSSR count). The minimum atomic E-state index is -0.176. The summed E-state index contributed by atoms with van der Waals surface area (Å²) in [5.74, 6) is 0.142. The number of carbonyl (C=O) groups excluding carboxylic acids is 1. The van der Waals surface area contributed by atoms with E-state index in [1.165, 1.54) is 18.2 Å². The predicted molar refractivity (Wildman–Crippen MR) is 72.3 cm³/mol. The fraction of sp³-hybridized carbons (Fsp3) is 0.500. The number of nitrogens with zero attached hydrogens (tertiary/aromatic N) is 1. The Morgan fingerprint density at radius 1 is 1.26 bits per heavy atom. The van der Waals surface area contributed by atoms with Gasteiger partial charge in [-0.25, -0.2) is 0 Å². The summed E-state index contributed by atoms with van der Waals surface area (Å²) < 4.78 is 0. The Kier molecular flexibility index (Phi) is 4.27. The van der Waals surface area contributed by atoms with E-state index in [2.05, 4.69) is 5.32 Å². The molecule has 0 aliphatic carbocycles. The molecule has 5 heteroatoms. The highest BCUT2D eigenvalue weighted by Crippen LogP contribution is 2.22. The van der Waals surface area contributed by atoms with E-state index in [1.807, 2.05) is 0 Å². The number of benzene rings is 1. The molecule has 1 amide bonds. The van der Waals surface area contributed by atoms with Crippen LogP contribution < -0.4 is 5.32 Å². The number of carbonyl (C=O) groups is 1. The number of piperidine rings is 1. The van der Waals surface area contributed by atoms with Gasteiger partial charge >= 0.3 is 0 Å². The lowest BCUT2D eigenvalue weighted by Gasteiger charge is -2.27. The molecular formula is C14H20N2O3. The number of rotatable bonds is 3. The van der Waals surface area contributed by atoms with Crippen molar-refractivity contribution in [2.24, 2.45) is 5.92 Å². The van der Waals surface area contributed by atoms with Crippen molar-refractivity contribution in [2.45, 2.75) is 12.8 Å². The monoisotopic (exact) mass is 264 g/mol. The molecule has 0 saturated carbocycles. The molecule has 3 N–H and O–H groups in total. The van der Waals surface area contributed by atoms with Crippen molar-refractivity contribution in [3.05, 3.63) is 23.8 Å². The fourth-order valence-electron chi connectivity index (χ4n) is 2.47. The van der Waals surface area contributed by atoms with Crippen molar-refractivity contribution in [2.75, 3.05) is 26.7 Å². The maximum absolute atomic E-state index is 12.2. The van der Waals surface area contributed by atoms with E-state index in [0.717, 1.165) is 25.9 Å². The molecule has 0 atom stereocenters. The van der Waals surface area contributed by atoms with Crippen LogP contribution in [0.2, 0.25) is 0 Å². The number of nitrogens with one attached hydrogen (secondary N) is 1. The van der Waals surface area contributed by atoms with Crippen molar-refractivity contribution in [3.63, 3.8) is 0 Å². The molecule has 1 saturated heterocycles. The minimum absolute atomic E-state index is 0.0985. The summed E-state index contributed by atoms with van der Waals surface area (Å²) in [5, 5.41) is 22.1. The van der Waals surface area contributed by atoms with Crippen LogP contribution in [0.3, 0.4) is 0 Å². The normalized spacial score (nSPS) is 16.3. The van der Waals surface area contributed by atoms with Gasteiger partial charge in [-0.2, -0.15) is 0 Å². The van der Waals surface area contributed by atoms with Gasteiger partial charge in [-0.05, 0) is 44.0 Å². The third kappa shape index (κ3) is 3.61. The van der Waals surface area contributed by atoms with Crippen molar-refractivity contribution < 1.29 is 15.0 Å². The third-order valence-corrected chi connectivity index (χ3v) is 3.49. The summed E-state index contributed by atoms with van der Waals surface area (Å²) in [6, 6.07) is 3.96. The van der Waals surface area contributed by atoms with Crippen molar-refractivity contribution >= 4 is 5.91 Å². The predicted octanol–water partition coefficient (Wildman–Crippen LogP) is 1.17. The van der Waals surface area contributed by atoms with Gasteiger partial charge < -0.3 is 20.4 Å². The molecule has 0 spiro atoms. The summed E-state index contributed by atoms with van der Waals surface area (Å²) in [4.78, 5) is 13.9. The van der Waals surface area contributed by atoms with Crippen molar-refractivity contribution in [3.8, 4) is 11.5 Å². The van der Waals surface area contributed by atoms with Gasteiger partial charge in [0.05, 0.1) is 0 Å². The topological polar surface area (TPSA) is 72.8 Å². The molecule has 1 aliphatic rings. The first-order valence-electron chi connectivity index (χ1n) is 6.55. The van der Waals surface area contributed by atoms with Gasteiger partial charge in [0.25, 0.3) is 5.91 Å². The highest BCUT2D eigenvalue weighted by atomic mass is 16.3. The summed E-state index contributed by atoms with van der Waals surface area (Å²) >= 11 is 0. The molecule has 1 aromatic carbocycles. The first-order valence-corrected chi connectivity index (χ1v) is 6.55. The zero-order valence-corrected chi connectivity index (χ0v) is 11.1. The minimum Gasteiger partial charge on any atom is -0.508 e. The molecular weight excluding hydrogens is 244 g/mol. The average Bonchev–Trinajstić information content (AvgIpc) is 2.37. The quantitative estimate of drug-likeness (QED) is 0.766. The Morgan fingerprint density at radius 3 is 2.42 bits per heavy atom. The van der Waals surface area contributed by atoms with Crippen LogP contribution in [0.1, 0.15) is 23.2 Å². The largest absolute Gasteiger partial charge is 0.508 e. The standard InChI is InChI=1S/C14H20N2O3/c1-16(9-10-2-4-15-5-3-10)14(19)11-6-12(17)8-13(18)7-11/h6-8,10,15,17-18H,2-5,9H2,1H3. The lowest BCUT2D eigenvalue weighted by molar-refractivity contribution is 0.0762. The van der Waals surface area contributed by atoms with Crippen molar-refractivity contribution in [1.29, 1.82) is 0 Å². The third-order valence-electron chi connectivity index (χ3n) is 3.49. The van der Waals surface area contributed by atoms with Gasteiger partial charge in [-0.1, -0.05) is 0 Å². The molecule has 1 aromatic rings. The lowest BCUT2D eigenvalue weighted by Crippen LogP contribution is -2.37. The first-order chi connectivity index (χ1) is 9.06. The number of aromatic hydroxyl groups is 2. The zero-order valence-electron chi connectivity index (χ0n) is 11.1. The van der Waals surface area contributed by atoms with Crippen LogP contribution in [-0.4, -0.2) is 47.7 Å². The summed E-state index contributed by atoms with van der Waals surface area (Å²) in [5.41, 5.74) is 0.314. The van der Waals surface area contributed by atoms with Gasteiger partial charge in [0, 0.05) is 25.2 Å². The van der Waals surface area contributed by atoms with Crippen LogP contribution in [0.4, 0.5) is 0 Å². The molecule has 0 bridgehead atoms. The Morgan fingerprint density at radius 2 is 1.84 bits per heavy atom. The maximum atomic E-state index is 12.2. The maximum Gasteiger partial charge on any atom is 0.253 e. The Bertz CT molecular complexity index is 436. The number of phenols is 2. The molecule has 104 valence electrons. The number of hydrogen-bond donors (Lipinski definition) is 3. The van der Waals surface area contributed by atoms with Gasteiger partial charge in [-0.15, -0.1) is 0 Å². The molecule has 1 fully saturated rings. The van der Waals surface area contributed by atoms with E-state index in [0.29, 0.717) is 18.0 Å². The van der Waals surface area contributed by atoms with E-state index >= 15 is 0 Å². The van der Waals surface area contributed by atoms with Crippen LogP contribution in [0.5, 0.6) is 11.5 Å². The van der Waals surface area contributed by atoms with E-state index in [4.69, 9.17) is 0 Å². The summed E-state index contributed by atoms with van der Waals surface area (Å²) in [7, 11) is 1.76. The molecule has 1 heterocycles. The second kappa shape index (κ2) is 5.93. The SMILES string of the molecule is CN(CC1CCNCC1)C(=O)c1cc(O)cc(O)c1. The lowest BCUT2D eigenvalue weighted by atomic mass is 9.97. The van der Waals surface area contributed by atoms with Crippen molar-refractivity contribution in [1.82, 2.24) is 10.2 Å². The van der Waals surface area contributed by atoms with Crippen LogP contribution >= 0.6 is 0 Å². The first kappa shape index (κ1) is 13.7. The van der Waals surface area contributed by atoms with Gasteiger partial charge in [0.1, 0.15) is 11.5 Å². The van der Waals surface area contributed by atoms with Crippen LogP contribution in [0.15, 0.2) is 18.2 Å². The van der Waals surface area contributed by atoms with E-state index in [-0.39, 0.29) is 17.4 Å². The van der Waals surface area contributed by atoms with Crippen LogP contribution in [-0.2, 0) is 0 Å². The second-order valence-corrected chi connectivity index (χ2v) is 5.12. The highest BCUT2D eigenvalue weighted by Gasteiger charge is 2.19. The summed E-state index contributed by atoms with van der Waals surface area (Å²) in [6.07, 6.45) is 2.14. The van der Waals surface area contributed by atoms with Gasteiger partial charge in [-0.3, -0.25) is 4.79 Å². The molecule has 1 aliphatic heterocycles. The number of amides is 1. The summed E-state index contributed by atoms with van der Waals surface area (Å²) in [6.45, 7) is 2.70. The zero-order chi connectivity index (χ0) is 13.8. The molecule has 5 nitrogen and oxygen atoms in total. The number of phenolic OH excluding ortho intramolecular Hbond substituents is 2. The molecule has 0 aromatic heterocycles. The Balaban J connectivity index is 2.01. The van der Waals surface area contributed by atoms with Gasteiger partial charge in [0.2, 0.25) is 0 Å². The number of hydrogen-bond acceptors (Lipinski definition) is 4. The molecule has 19 heavy (non-hydrogen) atoms. The Hall–Kier alpha value is -1.75. The molecule has 0 unspecified atom stereocenters. The fourth-order valence-corrected chi connectivity index (χ4v) is 2.47. The highest BCUT2D eigenvalue weighted by molar-refractivity contribution is 5.94. The second-order valence-electron chi connectivity index (χ2n) is 5.12. The smallest absolute Gasteiger partial charge is 0.253 e. The van der Waals surface area contributed by atoms with E-state index < -0.39 is 0 Å². The molecule has 0 radical (unpaired) electrons. The van der Waals surface area contributed by atoms with Crippen LogP contribution in [0.25, 0.3) is 0 Å².